The summed E-state index contributed by atoms with van der Waals surface area (Å²) in [6.07, 6.45) is 2.21. The summed E-state index contributed by atoms with van der Waals surface area (Å²) in [6.45, 7) is 0. The molecular formula is C21H15F2IN2S. The molecule has 27 heavy (non-hydrogen) atoms. The molecule has 1 aromatic heterocycles. The van der Waals surface area contributed by atoms with Gasteiger partial charge in [0, 0.05) is 12.0 Å². The van der Waals surface area contributed by atoms with Gasteiger partial charge >= 0.3 is 0 Å². The second-order valence-corrected chi connectivity index (χ2v) is 8.00. The number of halogens is 3. The van der Waals surface area contributed by atoms with Crippen LogP contribution in [0.15, 0.2) is 59.8 Å². The molecule has 0 saturated carbocycles. The standard InChI is InChI=1S/C21H15F2IN2S/c1-27-21-25-19-15(16(22)18(24)17(23)20(19)26-21)11-12-7-9-14(10-8-12)13-5-3-2-4-6-13/h2-10H,11H2,1H3,(H,25,26). The van der Waals surface area contributed by atoms with Crippen molar-refractivity contribution >= 4 is 45.4 Å². The van der Waals surface area contributed by atoms with E-state index in [9.17, 15) is 8.78 Å². The zero-order valence-corrected chi connectivity index (χ0v) is 17.4. The van der Waals surface area contributed by atoms with Crippen molar-refractivity contribution in [3.8, 4) is 11.1 Å². The molecule has 0 aliphatic rings. The van der Waals surface area contributed by atoms with Crippen LogP contribution in [0.25, 0.3) is 22.2 Å². The smallest absolute Gasteiger partial charge is 0.167 e. The van der Waals surface area contributed by atoms with Crippen molar-refractivity contribution in [3.63, 3.8) is 0 Å². The lowest BCUT2D eigenvalue weighted by Gasteiger charge is -2.09. The molecule has 0 aliphatic heterocycles. The lowest BCUT2D eigenvalue weighted by atomic mass is 9.99. The van der Waals surface area contributed by atoms with Crippen LogP contribution in [-0.4, -0.2) is 16.2 Å². The Labute approximate surface area is 173 Å². The molecule has 0 spiro atoms. The molecule has 2 nitrogen and oxygen atoms in total. The second kappa shape index (κ2) is 7.59. The molecule has 0 fully saturated rings. The first kappa shape index (κ1) is 18.4. The molecule has 4 aromatic rings. The van der Waals surface area contributed by atoms with E-state index < -0.39 is 11.6 Å². The summed E-state index contributed by atoms with van der Waals surface area (Å²) in [6, 6.07) is 18.1. The molecule has 1 heterocycles. The highest BCUT2D eigenvalue weighted by molar-refractivity contribution is 14.1. The lowest BCUT2D eigenvalue weighted by molar-refractivity contribution is 0.569. The monoisotopic (exact) mass is 492 g/mol. The van der Waals surface area contributed by atoms with Gasteiger partial charge < -0.3 is 4.98 Å². The van der Waals surface area contributed by atoms with Crippen LogP contribution in [0.3, 0.4) is 0 Å². The normalized spacial score (nSPS) is 11.3. The number of nitrogens with zero attached hydrogens (tertiary/aromatic N) is 1. The Morgan fingerprint density at radius 2 is 1.63 bits per heavy atom. The minimum absolute atomic E-state index is 0.0184. The van der Waals surface area contributed by atoms with Crippen LogP contribution in [0.5, 0.6) is 0 Å². The van der Waals surface area contributed by atoms with Crippen molar-refractivity contribution in [2.45, 2.75) is 11.6 Å². The molecule has 0 bridgehead atoms. The molecule has 3 aromatic carbocycles. The number of rotatable bonds is 4. The van der Waals surface area contributed by atoms with Gasteiger partial charge in [0.2, 0.25) is 0 Å². The zero-order valence-electron chi connectivity index (χ0n) is 14.4. The number of aromatic amines is 1. The fraction of sp³-hybridized carbons (Fsp3) is 0.0952. The van der Waals surface area contributed by atoms with Gasteiger partial charge in [-0.05, 0) is 45.5 Å². The summed E-state index contributed by atoms with van der Waals surface area (Å²) in [5.74, 6) is -1.13. The summed E-state index contributed by atoms with van der Waals surface area (Å²) in [4.78, 5) is 7.30. The third kappa shape index (κ3) is 3.48. The summed E-state index contributed by atoms with van der Waals surface area (Å²) in [5, 5.41) is 0.575. The third-order valence-electron chi connectivity index (χ3n) is 4.48. The number of hydrogen-bond donors (Lipinski definition) is 1. The van der Waals surface area contributed by atoms with E-state index in [-0.39, 0.29) is 9.09 Å². The average Bonchev–Trinajstić information content (AvgIpc) is 3.15. The van der Waals surface area contributed by atoms with E-state index in [0.717, 1.165) is 16.7 Å². The Morgan fingerprint density at radius 3 is 2.30 bits per heavy atom. The summed E-state index contributed by atoms with van der Waals surface area (Å²) in [5.41, 5.74) is 4.26. The summed E-state index contributed by atoms with van der Waals surface area (Å²) < 4.78 is 29.2. The molecule has 0 saturated heterocycles. The highest BCUT2D eigenvalue weighted by Gasteiger charge is 2.21. The Balaban J connectivity index is 1.74. The van der Waals surface area contributed by atoms with Crippen molar-refractivity contribution in [3.05, 3.63) is 80.9 Å². The largest absolute Gasteiger partial charge is 0.332 e. The van der Waals surface area contributed by atoms with E-state index in [1.165, 1.54) is 11.8 Å². The fourth-order valence-electron chi connectivity index (χ4n) is 3.08. The maximum Gasteiger partial charge on any atom is 0.167 e. The fourth-order valence-corrected chi connectivity index (χ4v) is 4.05. The zero-order chi connectivity index (χ0) is 19.0. The number of H-pyrrole nitrogens is 1. The van der Waals surface area contributed by atoms with Crippen molar-refractivity contribution in [2.75, 3.05) is 6.26 Å². The molecule has 0 atom stereocenters. The number of imidazole rings is 1. The Bertz CT molecular complexity index is 1110. The predicted octanol–water partition coefficient (Wildman–Crippen LogP) is 6.43. The Morgan fingerprint density at radius 1 is 0.963 bits per heavy atom. The van der Waals surface area contributed by atoms with Crippen LogP contribution in [0.1, 0.15) is 11.1 Å². The molecule has 4 rings (SSSR count). The molecule has 0 unspecified atom stereocenters. The van der Waals surface area contributed by atoms with Gasteiger partial charge in [-0.25, -0.2) is 13.8 Å². The quantitative estimate of drug-likeness (QED) is 0.202. The van der Waals surface area contributed by atoms with E-state index in [4.69, 9.17) is 0 Å². The molecular weight excluding hydrogens is 477 g/mol. The van der Waals surface area contributed by atoms with Crippen molar-refractivity contribution in [1.29, 1.82) is 0 Å². The van der Waals surface area contributed by atoms with Gasteiger partial charge in [0.15, 0.2) is 11.0 Å². The number of fused-ring (bicyclic) bond motifs is 1. The van der Waals surface area contributed by atoms with Gasteiger partial charge in [-0.1, -0.05) is 66.4 Å². The Hall–Kier alpha value is -1.93. The number of thioether (sulfide) groups is 1. The third-order valence-corrected chi connectivity index (χ3v) is 6.00. The van der Waals surface area contributed by atoms with Crippen LogP contribution in [0, 0.1) is 15.2 Å². The van der Waals surface area contributed by atoms with Gasteiger partial charge in [0.25, 0.3) is 0 Å². The number of benzene rings is 3. The van der Waals surface area contributed by atoms with Crippen LogP contribution < -0.4 is 0 Å². The second-order valence-electron chi connectivity index (χ2n) is 6.13. The van der Waals surface area contributed by atoms with Gasteiger partial charge in [0.1, 0.15) is 11.3 Å². The first-order valence-electron chi connectivity index (χ1n) is 8.32. The van der Waals surface area contributed by atoms with Gasteiger partial charge in [-0.15, -0.1) is 0 Å². The van der Waals surface area contributed by atoms with E-state index >= 15 is 0 Å². The van der Waals surface area contributed by atoms with Crippen molar-refractivity contribution in [1.82, 2.24) is 9.97 Å². The lowest BCUT2D eigenvalue weighted by Crippen LogP contribution is -2.01. The number of aromatic nitrogens is 2. The maximum atomic E-state index is 14.8. The van der Waals surface area contributed by atoms with Gasteiger partial charge in [0.05, 0.1) is 9.09 Å². The highest BCUT2D eigenvalue weighted by atomic mass is 127. The number of nitrogens with one attached hydrogen (secondary N) is 1. The molecule has 136 valence electrons. The van der Waals surface area contributed by atoms with E-state index in [0.29, 0.717) is 22.7 Å². The van der Waals surface area contributed by atoms with Gasteiger partial charge in [-0.3, -0.25) is 0 Å². The molecule has 0 aliphatic carbocycles. The van der Waals surface area contributed by atoms with E-state index in [2.05, 4.69) is 22.1 Å². The van der Waals surface area contributed by atoms with E-state index in [1.54, 1.807) is 22.6 Å². The maximum absolute atomic E-state index is 14.8. The van der Waals surface area contributed by atoms with Crippen LogP contribution in [-0.2, 0) is 6.42 Å². The molecule has 6 heteroatoms. The average molecular weight is 492 g/mol. The van der Waals surface area contributed by atoms with E-state index in [1.807, 2.05) is 48.7 Å². The highest BCUT2D eigenvalue weighted by Crippen LogP contribution is 2.32. The SMILES string of the molecule is CSc1nc2c(F)c(I)c(F)c(Cc3ccc(-c4ccccc4)cc3)c2[nH]1. The summed E-state index contributed by atoms with van der Waals surface area (Å²) >= 11 is 3.08. The van der Waals surface area contributed by atoms with Crippen molar-refractivity contribution < 1.29 is 8.78 Å². The minimum Gasteiger partial charge on any atom is -0.332 e. The number of hydrogen-bond acceptors (Lipinski definition) is 2. The molecule has 0 radical (unpaired) electrons. The molecule has 0 amide bonds. The minimum atomic E-state index is -0.608. The Kier molecular flexibility index (Phi) is 5.19. The first-order chi connectivity index (χ1) is 13.1. The predicted molar refractivity (Wildman–Crippen MR) is 115 cm³/mol. The van der Waals surface area contributed by atoms with Crippen LogP contribution in [0.4, 0.5) is 8.78 Å². The van der Waals surface area contributed by atoms with Crippen LogP contribution >= 0.6 is 34.4 Å². The van der Waals surface area contributed by atoms with Crippen molar-refractivity contribution in [2.24, 2.45) is 0 Å². The topological polar surface area (TPSA) is 28.7 Å². The van der Waals surface area contributed by atoms with Crippen LogP contribution in [0.2, 0.25) is 0 Å². The van der Waals surface area contributed by atoms with Gasteiger partial charge in [-0.2, -0.15) is 0 Å². The first-order valence-corrected chi connectivity index (χ1v) is 10.6. The molecule has 1 N–H and O–H groups in total. The summed E-state index contributed by atoms with van der Waals surface area (Å²) in [7, 11) is 0.